The molecule has 1 amide bonds. The Balaban J connectivity index is 1.46. The third-order valence-corrected chi connectivity index (χ3v) is 6.40. The van der Waals surface area contributed by atoms with Crippen LogP contribution in [0.15, 0.2) is 47.6 Å². The zero-order valence-corrected chi connectivity index (χ0v) is 19.6. The molecule has 1 saturated carbocycles. The lowest BCUT2D eigenvalue weighted by atomic mass is 10.0. The molecule has 1 atom stereocenters. The summed E-state index contributed by atoms with van der Waals surface area (Å²) in [6.07, 6.45) is 4.61. The van der Waals surface area contributed by atoms with Gasteiger partial charge in [-0.1, -0.05) is 30.1 Å². The molecule has 176 valence electrons. The van der Waals surface area contributed by atoms with E-state index in [0.717, 1.165) is 48.3 Å². The normalized spacial score (nSPS) is 17.9. The Hall–Kier alpha value is -3.22. The summed E-state index contributed by atoms with van der Waals surface area (Å²) in [5.41, 5.74) is 2.81. The fourth-order valence-corrected chi connectivity index (χ4v) is 4.61. The topological polar surface area (TPSA) is 69.6 Å². The van der Waals surface area contributed by atoms with E-state index in [0.29, 0.717) is 31.0 Å². The van der Waals surface area contributed by atoms with Crippen molar-refractivity contribution in [1.82, 2.24) is 4.90 Å². The van der Waals surface area contributed by atoms with Gasteiger partial charge in [0.25, 0.3) is 0 Å². The standard InChI is InChI=1S/C26H32N2O5/c1-30-21-10-6-7-18(13-21)16-28(26(29)19-8-4-5-9-19)17-22-15-23(27-33-22)20-11-12-24(31-2)25(14-20)32-3/h6-7,10-14,19,22H,4-5,8-9,15-17H2,1-3H3. The van der Waals surface area contributed by atoms with Gasteiger partial charge in [-0.05, 0) is 48.7 Å². The molecular formula is C26H32N2O5. The van der Waals surface area contributed by atoms with Crippen LogP contribution >= 0.6 is 0 Å². The SMILES string of the molecule is COc1cccc(CN(CC2CC(c3ccc(OC)c(OC)c3)=NO2)C(=O)C2CCCC2)c1. The van der Waals surface area contributed by atoms with Crippen LogP contribution in [0.4, 0.5) is 0 Å². The second kappa shape index (κ2) is 10.6. The van der Waals surface area contributed by atoms with Crippen LogP contribution in [0.1, 0.15) is 43.2 Å². The second-order valence-electron chi connectivity index (χ2n) is 8.59. The smallest absolute Gasteiger partial charge is 0.226 e. The molecule has 4 rings (SSSR count). The van der Waals surface area contributed by atoms with Crippen molar-refractivity contribution in [2.24, 2.45) is 11.1 Å². The number of carbonyl (C=O) groups excluding carboxylic acids is 1. The van der Waals surface area contributed by atoms with Crippen LogP contribution in [-0.2, 0) is 16.2 Å². The van der Waals surface area contributed by atoms with E-state index in [9.17, 15) is 4.79 Å². The summed E-state index contributed by atoms with van der Waals surface area (Å²) in [5.74, 6) is 2.42. The van der Waals surface area contributed by atoms with Crippen molar-refractivity contribution in [3.8, 4) is 17.2 Å². The van der Waals surface area contributed by atoms with Gasteiger partial charge in [0.05, 0.1) is 33.6 Å². The van der Waals surface area contributed by atoms with E-state index in [-0.39, 0.29) is 17.9 Å². The molecule has 1 aliphatic heterocycles. The molecule has 7 heteroatoms. The van der Waals surface area contributed by atoms with Gasteiger partial charge in [-0.25, -0.2) is 0 Å². The van der Waals surface area contributed by atoms with Gasteiger partial charge in [-0.15, -0.1) is 0 Å². The lowest BCUT2D eigenvalue weighted by molar-refractivity contribution is -0.137. The Kier molecular flexibility index (Phi) is 7.37. The Morgan fingerprint density at radius 1 is 1.03 bits per heavy atom. The van der Waals surface area contributed by atoms with Gasteiger partial charge in [0.15, 0.2) is 17.6 Å². The Labute approximate surface area is 195 Å². The first kappa shape index (κ1) is 23.0. The molecular weight excluding hydrogens is 420 g/mol. The van der Waals surface area contributed by atoms with Crippen LogP contribution in [0.5, 0.6) is 17.2 Å². The van der Waals surface area contributed by atoms with Crippen LogP contribution in [0.2, 0.25) is 0 Å². The summed E-state index contributed by atoms with van der Waals surface area (Å²) in [6.45, 7) is 1.02. The third kappa shape index (κ3) is 5.41. The summed E-state index contributed by atoms with van der Waals surface area (Å²) in [6, 6.07) is 13.6. The fraction of sp³-hybridized carbons (Fsp3) is 0.462. The number of hydrogen-bond donors (Lipinski definition) is 0. The molecule has 0 spiro atoms. The molecule has 1 aliphatic carbocycles. The maximum atomic E-state index is 13.4. The average molecular weight is 453 g/mol. The van der Waals surface area contributed by atoms with Crippen molar-refractivity contribution in [3.05, 3.63) is 53.6 Å². The first-order valence-corrected chi connectivity index (χ1v) is 11.5. The third-order valence-electron chi connectivity index (χ3n) is 6.40. The number of ether oxygens (including phenoxy) is 3. The zero-order chi connectivity index (χ0) is 23.2. The summed E-state index contributed by atoms with van der Waals surface area (Å²) in [7, 11) is 4.88. The highest BCUT2D eigenvalue weighted by Gasteiger charge is 2.32. The van der Waals surface area contributed by atoms with Gasteiger partial charge >= 0.3 is 0 Å². The predicted octanol–water partition coefficient (Wildman–Crippen LogP) is 4.42. The highest BCUT2D eigenvalue weighted by molar-refractivity contribution is 6.01. The van der Waals surface area contributed by atoms with E-state index < -0.39 is 0 Å². The maximum Gasteiger partial charge on any atom is 0.226 e. The summed E-state index contributed by atoms with van der Waals surface area (Å²) < 4.78 is 16.1. The molecule has 0 radical (unpaired) electrons. The maximum absolute atomic E-state index is 13.4. The van der Waals surface area contributed by atoms with E-state index in [2.05, 4.69) is 5.16 Å². The molecule has 2 aliphatic rings. The molecule has 1 fully saturated rings. The summed E-state index contributed by atoms with van der Waals surface area (Å²) >= 11 is 0. The number of rotatable bonds is 9. The minimum absolute atomic E-state index is 0.100. The van der Waals surface area contributed by atoms with Crippen LogP contribution in [0.25, 0.3) is 0 Å². The van der Waals surface area contributed by atoms with Crippen LogP contribution in [-0.4, -0.2) is 50.5 Å². The fourth-order valence-electron chi connectivity index (χ4n) is 4.61. The summed E-state index contributed by atoms with van der Waals surface area (Å²) in [5, 5.41) is 4.32. The average Bonchev–Trinajstić information content (AvgIpc) is 3.55. The van der Waals surface area contributed by atoms with Gasteiger partial charge in [0, 0.05) is 24.4 Å². The summed E-state index contributed by atoms with van der Waals surface area (Å²) in [4.78, 5) is 21.1. The van der Waals surface area contributed by atoms with Crippen LogP contribution < -0.4 is 14.2 Å². The largest absolute Gasteiger partial charge is 0.497 e. The van der Waals surface area contributed by atoms with Gasteiger partial charge < -0.3 is 23.9 Å². The number of nitrogens with zero attached hydrogens (tertiary/aromatic N) is 2. The highest BCUT2D eigenvalue weighted by atomic mass is 16.6. The first-order chi connectivity index (χ1) is 16.1. The lowest BCUT2D eigenvalue weighted by Gasteiger charge is -2.27. The molecule has 2 aromatic carbocycles. The number of oxime groups is 1. The van der Waals surface area contributed by atoms with Crippen molar-refractivity contribution in [2.75, 3.05) is 27.9 Å². The Morgan fingerprint density at radius 3 is 2.55 bits per heavy atom. The lowest BCUT2D eigenvalue weighted by Crippen LogP contribution is -2.40. The van der Waals surface area contributed by atoms with Crippen LogP contribution in [0, 0.1) is 5.92 Å². The molecule has 0 saturated heterocycles. The molecule has 0 bridgehead atoms. The predicted molar refractivity (Wildman–Crippen MR) is 126 cm³/mol. The number of benzene rings is 2. The van der Waals surface area contributed by atoms with Crippen molar-refractivity contribution in [3.63, 3.8) is 0 Å². The van der Waals surface area contributed by atoms with Crippen LogP contribution in [0.3, 0.4) is 0 Å². The first-order valence-electron chi connectivity index (χ1n) is 11.5. The number of amides is 1. The molecule has 33 heavy (non-hydrogen) atoms. The molecule has 1 heterocycles. The van der Waals surface area contributed by atoms with E-state index >= 15 is 0 Å². The van der Waals surface area contributed by atoms with Crippen molar-refractivity contribution < 1.29 is 23.8 Å². The molecule has 0 aromatic heterocycles. The van der Waals surface area contributed by atoms with Gasteiger partial charge in [0.1, 0.15) is 5.75 Å². The Morgan fingerprint density at radius 2 is 1.82 bits per heavy atom. The Bertz CT molecular complexity index is 1000. The van der Waals surface area contributed by atoms with E-state index in [4.69, 9.17) is 19.0 Å². The number of carbonyl (C=O) groups is 1. The number of methoxy groups -OCH3 is 3. The van der Waals surface area contributed by atoms with Gasteiger partial charge in [-0.3, -0.25) is 4.79 Å². The monoisotopic (exact) mass is 452 g/mol. The molecule has 0 N–H and O–H groups in total. The van der Waals surface area contributed by atoms with E-state index in [1.807, 2.05) is 47.4 Å². The minimum Gasteiger partial charge on any atom is -0.497 e. The van der Waals surface area contributed by atoms with Crippen molar-refractivity contribution in [1.29, 1.82) is 0 Å². The zero-order valence-electron chi connectivity index (χ0n) is 19.6. The van der Waals surface area contributed by atoms with E-state index in [1.165, 1.54) is 0 Å². The quantitative estimate of drug-likeness (QED) is 0.563. The van der Waals surface area contributed by atoms with Gasteiger partial charge in [0.2, 0.25) is 5.91 Å². The van der Waals surface area contributed by atoms with Crippen molar-refractivity contribution in [2.45, 2.75) is 44.8 Å². The van der Waals surface area contributed by atoms with Gasteiger partial charge in [-0.2, -0.15) is 0 Å². The van der Waals surface area contributed by atoms with E-state index in [1.54, 1.807) is 21.3 Å². The van der Waals surface area contributed by atoms with Crippen molar-refractivity contribution >= 4 is 11.6 Å². The molecule has 2 aromatic rings. The molecule has 7 nitrogen and oxygen atoms in total. The molecule has 1 unspecified atom stereocenters. The minimum atomic E-state index is -0.191. The highest BCUT2D eigenvalue weighted by Crippen LogP contribution is 2.31. The second-order valence-corrected chi connectivity index (χ2v) is 8.59. The number of hydrogen-bond acceptors (Lipinski definition) is 6.